The summed E-state index contributed by atoms with van der Waals surface area (Å²) in [6.07, 6.45) is 0.827. The van der Waals surface area contributed by atoms with Crippen LogP contribution in [0.3, 0.4) is 0 Å². The summed E-state index contributed by atoms with van der Waals surface area (Å²) in [5.41, 5.74) is 0.779. The number of hydrogen-bond donors (Lipinski definition) is 0. The third-order valence-electron chi connectivity index (χ3n) is 1.70. The fraction of sp³-hybridized carbons (Fsp3) is 0.300. The minimum Gasteiger partial charge on any atom is -0.293 e. The maximum Gasteiger partial charge on any atom is 0.176 e. The molecule has 0 fully saturated rings. The molecule has 0 saturated heterocycles. The van der Waals surface area contributed by atoms with Crippen LogP contribution >= 0.6 is 15.9 Å². The predicted octanol–water partition coefficient (Wildman–Crippen LogP) is 3.04. The van der Waals surface area contributed by atoms with E-state index in [4.69, 9.17) is 0 Å². The molecule has 1 nitrogen and oxygen atoms in total. The molecule has 0 N–H and O–H groups in total. The molecule has 64 valence electrons. The van der Waals surface area contributed by atoms with E-state index in [0.29, 0.717) is 0 Å². The number of carbonyl (C=O) groups excluding carboxylic acids is 1. The Balaban J connectivity index is 2.79. The Kier molecular flexibility index (Phi) is 3.48. The first kappa shape index (κ1) is 9.46. The molecule has 0 bridgehead atoms. The maximum atomic E-state index is 11.5. The van der Waals surface area contributed by atoms with Crippen LogP contribution in [0.2, 0.25) is 0 Å². The quantitative estimate of drug-likeness (QED) is 0.572. The van der Waals surface area contributed by atoms with Crippen molar-refractivity contribution < 1.29 is 4.79 Å². The van der Waals surface area contributed by atoms with Crippen LogP contribution in [0.4, 0.5) is 0 Å². The summed E-state index contributed by atoms with van der Waals surface area (Å²) < 4.78 is 0. The molecule has 1 atom stereocenters. The minimum atomic E-state index is -0.0418. The molecule has 1 unspecified atom stereocenters. The summed E-state index contributed by atoms with van der Waals surface area (Å²) in [4.78, 5) is 11.5. The number of alkyl halides is 1. The second-order valence-electron chi connectivity index (χ2n) is 2.61. The molecule has 0 amide bonds. The molecule has 1 aromatic rings. The largest absolute Gasteiger partial charge is 0.293 e. The standard InChI is InChI=1S/C10H11BrO/c1-2-9(11)10(12)8-6-4-3-5-7-8/h3-7,9H,2H2,1H3. The van der Waals surface area contributed by atoms with E-state index in [1.807, 2.05) is 37.3 Å². The van der Waals surface area contributed by atoms with Crippen molar-refractivity contribution in [1.82, 2.24) is 0 Å². The summed E-state index contributed by atoms with van der Waals surface area (Å²) in [6.45, 7) is 1.99. The Labute approximate surface area is 80.9 Å². The molecule has 2 heteroatoms. The van der Waals surface area contributed by atoms with Gasteiger partial charge < -0.3 is 0 Å². The van der Waals surface area contributed by atoms with Gasteiger partial charge in [-0.1, -0.05) is 53.2 Å². The minimum absolute atomic E-state index is 0.0418. The first-order valence-corrected chi connectivity index (χ1v) is 4.90. The molecular weight excluding hydrogens is 216 g/mol. The highest BCUT2D eigenvalue weighted by atomic mass is 79.9. The summed E-state index contributed by atoms with van der Waals surface area (Å²) in [5, 5.41) is 0. The molecule has 0 heterocycles. The molecular formula is C10H11BrO. The van der Waals surface area contributed by atoms with Gasteiger partial charge in [-0.25, -0.2) is 0 Å². The van der Waals surface area contributed by atoms with Crippen molar-refractivity contribution in [3.05, 3.63) is 35.9 Å². The first-order valence-electron chi connectivity index (χ1n) is 3.99. The van der Waals surface area contributed by atoms with E-state index in [9.17, 15) is 4.79 Å². The second kappa shape index (κ2) is 4.41. The smallest absolute Gasteiger partial charge is 0.176 e. The van der Waals surface area contributed by atoms with E-state index in [1.54, 1.807) is 0 Å². The van der Waals surface area contributed by atoms with Crippen molar-refractivity contribution in [3.8, 4) is 0 Å². The van der Waals surface area contributed by atoms with Crippen molar-refractivity contribution in [1.29, 1.82) is 0 Å². The lowest BCUT2D eigenvalue weighted by Crippen LogP contribution is -2.12. The van der Waals surface area contributed by atoms with E-state index in [2.05, 4.69) is 15.9 Å². The highest BCUT2D eigenvalue weighted by molar-refractivity contribution is 9.10. The van der Waals surface area contributed by atoms with E-state index in [-0.39, 0.29) is 10.6 Å². The number of hydrogen-bond acceptors (Lipinski definition) is 1. The Hall–Kier alpha value is -0.630. The fourth-order valence-electron chi connectivity index (χ4n) is 0.969. The highest BCUT2D eigenvalue weighted by Crippen LogP contribution is 2.12. The summed E-state index contributed by atoms with van der Waals surface area (Å²) in [6, 6.07) is 9.34. The molecule has 0 saturated carbocycles. The first-order chi connectivity index (χ1) is 5.75. The molecule has 0 aliphatic rings. The SMILES string of the molecule is CCC(Br)C(=O)c1ccccc1. The van der Waals surface area contributed by atoms with Crippen LogP contribution in [0.25, 0.3) is 0 Å². The summed E-state index contributed by atoms with van der Waals surface area (Å²) in [5.74, 6) is 0.165. The molecule has 0 aliphatic heterocycles. The molecule has 0 spiro atoms. The van der Waals surface area contributed by atoms with Gasteiger partial charge in [-0.15, -0.1) is 0 Å². The Morgan fingerprint density at radius 3 is 2.50 bits per heavy atom. The summed E-state index contributed by atoms with van der Waals surface area (Å²) >= 11 is 3.33. The van der Waals surface area contributed by atoms with Crippen molar-refractivity contribution in [2.45, 2.75) is 18.2 Å². The average molecular weight is 227 g/mol. The van der Waals surface area contributed by atoms with Gasteiger partial charge in [-0.05, 0) is 6.42 Å². The number of carbonyl (C=O) groups is 1. The van der Waals surface area contributed by atoms with E-state index in [1.165, 1.54) is 0 Å². The molecule has 0 aliphatic carbocycles. The molecule has 1 rings (SSSR count). The summed E-state index contributed by atoms with van der Waals surface area (Å²) in [7, 11) is 0. The number of Topliss-reactive ketones (excluding diaryl/α,β-unsaturated/α-hetero) is 1. The Morgan fingerprint density at radius 1 is 1.42 bits per heavy atom. The predicted molar refractivity (Wildman–Crippen MR) is 53.8 cm³/mol. The molecule has 12 heavy (non-hydrogen) atoms. The number of ketones is 1. The van der Waals surface area contributed by atoms with Crippen molar-refractivity contribution in [3.63, 3.8) is 0 Å². The third-order valence-corrected chi connectivity index (χ3v) is 2.76. The number of rotatable bonds is 3. The zero-order chi connectivity index (χ0) is 8.97. The van der Waals surface area contributed by atoms with Gasteiger partial charge in [0.05, 0.1) is 4.83 Å². The zero-order valence-corrected chi connectivity index (χ0v) is 8.54. The number of halogens is 1. The van der Waals surface area contributed by atoms with Gasteiger partial charge in [0.15, 0.2) is 5.78 Å². The lowest BCUT2D eigenvalue weighted by Gasteiger charge is -2.04. The number of benzene rings is 1. The molecule has 1 aromatic carbocycles. The van der Waals surface area contributed by atoms with Gasteiger partial charge in [0.25, 0.3) is 0 Å². The van der Waals surface area contributed by atoms with Crippen LogP contribution in [0.5, 0.6) is 0 Å². The zero-order valence-electron chi connectivity index (χ0n) is 6.96. The third kappa shape index (κ3) is 2.18. The highest BCUT2D eigenvalue weighted by Gasteiger charge is 2.13. The monoisotopic (exact) mass is 226 g/mol. The maximum absolute atomic E-state index is 11.5. The van der Waals surface area contributed by atoms with Gasteiger partial charge in [-0.2, -0.15) is 0 Å². The van der Waals surface area contributed by atoms with Gasteiger partial charge in [0.2, 0.25) is 0 Å². The van der Waals surface area contributed by atoms with Crippen LogP contribution < -0.4 is 0 Å². The molecule has 0 aromatic heterocycles. The topological polar surface area (TPSA) is 17.1 Å². The lowest BCUT2D eigenvalue weighted by molar-refractivity contribution is 0.0990. The van der Waals surface area contributed by atoms with Crippen LogP contribution in [0.15, 0.2) is 30.3 Å². The lowest BCUT2D eigenvalue weighted by atomic mass is 10.1. The Bertz CT molecular complexity index is 256. The second-order valence-corrected chi connectivity index (χ2v) is 3.71. The van der Waals surface area contributed by atoms with Crippen LogP contribution in [0, 0.1) is 0 Å². The van der Waals surface area contributed by atoms with Crippen LogP contribution in [-0.2, 0) is 0 Å². The average Bonchev–Trinajstić information content (AvgIpc) is 2.17. The van der Waals surface area contributed by atoms with Gasteiger partial charge in [0, 0.05) is 5.56 Å². The fourth-order valence-corrected chi connectivity index (χ4v) is 1.23. The van der Waals surface area contributed by atoms with Crippen LogP contribution in [0.1, 0.15) is 23.7 Å². The van der Waals surface area contributed by atoms with E-state index in [0.717, 1.165) is 12.0 Å². The normalized spacial score (nSPS) is 12.5. The van der Waals surface area contributed by atoms with Crippen molar-refractivity contribution in [2.75, 3.05) is 0 Å². The van der Waals surface area contributed by atoms with Crippen LogP contribution in [-0.4, -0.2) is 10.6 Å². The van der Waals surface area contributed by atoms with Gasteiger partial charge >= 0.3 is 0 Å². The van der Waals surface area contributed by atoms with Crippen molar-refractivity contribution >= 4 is 21.7 Å². The van der Waals surface area contributed by atoms with Gasteiger partial charge in [0.1, 0.15) is 0 Å². The van der Waals surface area contributed by atoms with E-state index >= 15 is 0 Å². The Morgan fingerprint density at radius 2 is 2.00 bits per heavy atom. The van der Waals surface area contributed by atoms with Gasteiger partial charge in [-0.3, -0.25) is 4.79 Å². The van der Waals surface area contributed by atoms with E-state index < -0.39 is 0 Å². The van der Waals surface area contributed by atoms with Crippen molar-refractivity contribution in [2.24, 2.45) is 0 Å². The molecule has 0 radical (unpaired) electrons.